The van der Waals surface area contributed by atoms with Crippen LogP contribution in [0.15, 0.2) is 53.8 Å². The Balaban J connectivity index is 1.61. The molecule has 136 valence electrons. The number of halogens is 1. The topological polar surface area (TPSA) is 37.7 Å². The molecule has 1 aromatic carbocycles. The summed E-state index contributed by atoms with van der Waals surface area (Å²) in [4.78, 5) is 12.0. The molecular formula is C21H24ClN3O. The second kappa shape index (κ2) is 8.97. The van der Waals surface area contributed by atoms with Crippen LogP contribution < -0.4 is 0 Å². The highest BCUT2D eigenvalue weighted by atomic mass is 35.5. The van der Waals surface area contributed by atoms with Crippen LogP contribution in [0.4, 0.5) is 0 Å². The highest BCUT2D eigenvalue weighted by Crippen LogP contribution is 2.23. The molecule has 0 saturated carbocycles. The molecule has 26 heavy (non-hydrogen) atoms. The van der Waals surface area contributed by atoms with Crippen LogP contribution >= 0.6 is 11.6 Å². The molecule has 2 aromatic rings. The maximum absolute atomic E-state index is 5.98. The van der Waals surface area contributed by atoms with Crippen molar-refractivity contribution in [3.05, 3.63) is 70.5 Å². The number of aromatic nitrogens is 1. The van der Waals surface area contributed by atoms with Crippen molar-refractivity contribution in [1.29, 1.82) is 0 Å². The Bertz CT molecular complexity index is 799. The molecule has 0 aliphatic carbocycles. The maximum atomic E-state index is 5.98. The smallest absolute Gasteiger partial charge is 0.106 e. The van der Waals surface area contributed by atoms with Crippen LogP contribution in [-0.2, 0) is 4.84 Å². The fourth-order valence-electron chi connectivity index (χ4n) is 3.21. The van der Waals surface area contributed by atoms with E-state index in [1.807, 2.05) is 36.5 Å². The zero-order valence-corrected chi connectivity index (χ0v) is 16.0. The maximum Gasteiger partial charge on any atom is 0.106 e. The van der Waals surface area contributed by atoms with Crippen molar-refractivity contribution >= 4 is 22.9 Å². The van der Waals surface area contributed by atoms with E-state index in [1.165, 1.54) is 11.1 Å². The van der Waals surface area contributed by atoms with Gasteiger partial charge in [-0.1, -0.05) is 41.0 Å². The lowest BCUT2D eigenvalue weighted by atomic mass is 10.0. The average molecular weight is 370 g/mol. The third kappa shape index (κ3) is 4.71. The van der Waals surface area contributed by atoms with E-state index in [0.717, 1.165) is 54.5 Å². The van der Waals surface area contributed by atoms with Gasteiger partial charge in [0.2, 0.25) is 0 Å². The number of nitrogens with zero attached hydrogens (tertiary/aromatic N) is 3. The van der Waals surface area contributed by atoms with Crippen LogP contribution in [0, 0.1) is 6.92 Å². The number of aryl methyl sites for hydroxylation is 1. The van der Waals surface area contributed by atoms with Gasteiger partial charge in [-0.15, -0.1) is 0 Å². The molecule has 3 rings (SSSR count). The highest BCUT2D eigenvalue weighted by molar-refractivity contribution is 6.30. The van der Waals surface area contributed by atoms with E-state index in [4.69, 9.17) is 16.4 Å². The monoisotopic (exact) mass is 369 g/mol. The summed E-state index contributed by atoms with van der Waals surface area (Å²) in [5.41, 5.74) is 5.72. The molecular weight excluding hydrogens is 346 g/mol. The van der Waals surface area contributed by atoms with Gasteiger partial charge >= 0.3 is 0 Å². The van der Waals surface area contributed by atoms with Gasteiger partial charge in [0.25, 0.3) is 0 Å². The molecule has 1 aromatic heterocycles. The summed E-state index contributed by atoms with van der Waals surface area (Å²) >= 11 is 5.98. The summed E-state index contributed by atoms with van der Waals surface area (Å²) in [6.07, 6.45) is 6.03. The lowest BCUT2D eigenvalue weighted by molar-refractivity contribution is 0.212. The van der Waals surface area contributed by atoms with Gasteiger partial charge in [-0.05, 0) is 48.2 Å². The summed E-state index contributed by atoms with van der Waals surface area (Å²) in [5.74, 6) is 0. The van der Waals surface area contributed by atoms with Gasteiger partial charge in [0.05, 0.1) is 11.4 Å². The largest absolute Gasteiger partial charge is 0.399 e. The summed E-state index contributed by atoms with van der Waals surface area (Å²) in [6, 6.07) is 11.8. The molecule has 0 N–H and O–H groups in total. The van der Waals surface area contributed by atoms with Crippen LogP contribution in [0.3, 0.4) is 0 Å². The molecule has 5 heteroatoms. The predicted octanol–water partition coefficient (Wildman–Crippen LogP) is 4.57. The molecule has 0 atom stereocenters. The SMILES string of the molecule is CO/N=C(\CCN1CC=C(c2ncccc2C)CC1)c1ccc(Cl)cc1. The van der Waals surface area contributed by atoms with Gasteiger partial charge in [-0.25, -0.2) is 0 Å². The molecule has 0 amide bonds. The first kappa shape index (κ1) is 18.6. The Kier molecular flexibility index (Phi) is 6.42. The first-order valence-corrected chi connectivity index (χ1v) is 9.24. The quantitative estimate of drug-likeness (QED) is 0.552. The van der Waals surface area contributed by atoms with Gasteiger partial charge in [-0.3, -0.25) is 9.88 Å². The Labute approximate surface area is 160 Å². The zero-order chi connectivity index (χ0) is 18.4. The Hall–Kier alpha value is -2.17. The highest BCUT2D eigenvalue weighted by Gasteiger charge is 2.16. The van der Waals surface area contributed by atoms with Crippen molar-refractivity contribution in [3.8, 4) is 0 Å². The van der Waals surface area contributed by atoms with Gasteiger partial charge in [0, 0.05) is 37.3 Å². The molecule has 0 fully saturated rings. The lowest BCUT2D eigenvalue weighted by Gasteiger charge is -2.26. The van der Waals surface area contributed by atoms with E-state index in [2.05, 4.69) is 34.1 Å². The predicted molar refractivity (Wildman–Crippen MR) is 108 cm³/mol. The number of hydrogen-bond acceptors (Lipinski definition) is 4. The molecule has 1 aliphatic rings. The second-order valence-corrected chi connectivity index (χ2v) is 6.86. The van der Waals surface area contributed by atoms with Gasteiger partial charge in [0.15, 0.2) is 0 Å². The number of benzene rings is 1. The van der Waals surface area contributed by atoms with Crippen LogP contribution in [0.1, 0.15) is 29.7 Å². The third-order valence-corrected chi connectivity index (χ3v) is 4.90. The normalized spacial score (nSPS) is 15.7. The standard InChI is InChI=1S/C21H24ClN3O/c1-16-4-3-12-23-21(16)18-9-13-25(14-10-18)15-11-20(24-26-2)17-5-7-19(22)8-6-17/h3-9,12H,10-11,13-15H2,1-2H3/b24-20+. The minimum absolute atomic E-state index is 0.726. The van der Waals surface area contributed by atoms with Crippen molar-refractivity contribution in [2.24, 2.45) is 5.16 Å². The fourth-order valence-corrected chi connectivity index (χ4v) is 3.34. The number of hydrogen-bond donors (Lipinski definition) is 0. The minimum Gasteiger partial charge on any atom is -0.399 e. The molecule has 0 unspecified atom stereocenters. The fraction of sp³-hybridized carbons (Fsp3) is 0.333. The van der Waals surface area contributed by atoms with Gasteiger partial charge in [-0.2, -0.15) is 0 Å². The number of oxime groups is 1. The molecule has 0 spiro atoms. The minimum atomic E-state index is 0.726. The van der Waals surface area contributed by atoms with Gasteiger partial charge in [0.1, 0.15) is 7.11 Å². The van der Waals surface area contributed by atoms with Crippen LogP contribution in [0.25, 0.3) is 5.57 Å². The van der Waals surface area contributed by atoms with Crippen molar-refractivity contribution < 1.29 is 4.84 Å². The molecule has 0 radical (unpaired) electrons. The van der Waals surface area contributed by atoms with E-state index in [-0.39, 0.29) is 0 Å². The Morgan fingerprint density at radius 1 is 1.27 bits per heavy atom. The van der Waals surface area contributed by atoms with E-state index in [9.17, 15) is 0 Å². The van der Waals surface area contributed by atoms with E-state index >= 15 is 0 Å². The summed E-state index contributed by atoms with van der Waals surface area (Å²) in [7, 11) is 1.58. The summed E-state index contributed by atoms with van der Waals surface area (Å²) in [5, 5.41) is 4.93. The first-order chi connectivity index (χ1) is 12.7. The average Bonchev–Trinajstić information content (AvgIpc) is 2.67. The summed E-state index contributed by atoms with van der Waals surface area (Å²) in [6.45, 7) is 5.03. The van der Waals surface area contributed by atoms with Crippen molar-refractivity contribution in [3.63, 3.8) is 0 Å². The van der Waals surface area contributed by atoms with E-state index < -0.39 is 0 Å². The second-order valence-electron chi connectivity index (χ2n) is 6.43. The number of pyridine rings is 1. The summed E-state index contributed by atoms with van der Waals surface area (Å²) < 4.78 is 0. The van der Waals surface area contributed by atoms with Crippen molar-refractivity contribution in [2.75, 3.05) is 26.7 Å². The lowest BCUT2D eigenvalue weighted by Crippen LogP contribution is -2.31. The van der Waals surface area contributed by atoms with Crippen LogP contribution in [-0.4, -0.2) is 42.3 Å². The van der Waals surface area contributed by atoms with E-state index in [1.54, 1.807) is 7.11 Å². The molecule has 2 heterocycles. The zero-order valence-electron chi connectivity index (χ0n) is 15.3. The van der Waals surface area contributed by atoms with Crippen LogP contribution in [0.5, 0.6) is 0 Å². The van der Waals surface area contributed by atoms with E-state index in [0.29, 0.717) is 0 Å². The molecule has 0 bridgehead atoms. The Morgan fingerprint density at radius 3 is 2.73 bits per heavy atom. The first-order valence-electron chi connectivity index (χ1n) is 8.86. The van der Waals surface area contributed by atoms with Crippen molar-refractivity contribution in [1.82, 2.24) is 9.88 Å². The van der Waals surface area contributed by atoms with Crippen LogP contribution in [0.2, 0.25) is 5.02 Å². The Morgan fingerprint density at radius 2 is 2.08 bits per heavy atom. The van der Waals surface area contributed by atoms with Crippen molar-refractivity contribution in [2.45, 2.75) is 19.8 Å². The molecule has 0 saturated heterocycles. The third-order valence-electron chi connectivity index (χ3n) is 4.65. The van der Waals surface area contributed by atoms with Gasteiger partial charge < -0.3 is 4.84 Å². The number of rotatable bonds is 6. The molecule has 1 aliphatic heterocycles. The molecule has 4 nitrogen and oxygen atoms in total.